The highest BCUT2D eigenvalue weighted by Crippen LogP contribution is 2.66. The molecule has 2 unspecified atom stereocenters. The van der Waals surface area contributed by atoms with E-state index >= 15 is 0 Å². The van der Waals surface area contributed by atoms with Crippen molar-refractivity contribution < 1.29 is 56.3 Å². The van der Waals surface area contributed by atoms with E-state index in [1.807, 2.05) is 0 Å². The van der Waals surface area contributed by atoms with Crippen LogP contribution in [0, 0.1) is 0 Å². The normalized spacial score (nSPS) is 22.5. The van der Waals surface area contributed by atoms with Crippen molar-refractivity contribution in [3.63, 3.8) is 0 Å². The minimum atomic E-state index is -5.67. The highest BCUT2D eigenvalue weighted by molar-refractivity contribution is 7.66. The van der Waals surface area contributed by atoms with Crippen LogP contribution in [0.15, 0.2) is 28.2 Å². The number of nitrogens with one attached hydrogen (secondary N) is 2. The minimum Gasteiger partial charge on any atom is -0.390 e. The van der Waals surface area contributed by atoms with Crippen LogP contribution in [0.25, 0.3) is 11.2 Å². The van der Waals surface area contributed by atoms with Gasteiger partial charge in [-0.3, -0.25) is 18.9 Å². The van der Waals surface area contributed by atoms with Crippen LogP contribution in [-0.2, 0) is 31.6 Å². The molecule has 3 aromatic rings. The molecule has 4 rings (SSSR count). The summed E-state index contributed by atoms with van der Waals surface area (Å²) in [6.07, 6.45) is -0.910. The maximum Gasteiger partial charge on any atom is 0.490 e. The molecule has 11 N–H and O–H groups in total. The first-order valence-electron chi connectivity index (χ1n) is 10.1. The van der Waals surface area contributed by atoms with Gasteiger partial charge in [0.25, 0.3) is 5.56 Å². The van der Waals surface area contributed by atoms with Gasteiger partial charge < -0.3 is 45.9 Å². The van der Waals surface area contributed by atoms with Crippen LogP contribution in [0.3, 0.4) is 0 Å². The third kappa shape index (κ3) is 8.83. The number of aromatic amines is 2. The molecule has 1 aliphatic rings. The van der Waals surface area contributed by atoms with Crippen molar-refractivity contribution in [3.8, 4) is 0 Å². The van der Waals surface area contributed by atoms with E-state index in [-0.39, 0.29) is 29.4 Å². The van der Waals surface area contributed by atoms with Crippen molar-refractivity contribution in [1.29, 1.82) is 0 Å². The first kappa shape index (κ1) is 30.7. The Labute approximate surface area is 215 Å². The number of rotatable bonds is 8. The number of aliphatic hydroxyl groups excluding tert-OH is 1. The van der Waals surface area contributed by atoms with Gasteiger partial charge in [-0.15, -0.1) is 0 Å². The number of nitrogen functional groups attached to an aromatic ring is 2. The Morgan fingerprint density at radius 1 is 1.10 bits per heavy atom. The second-order valence-corrected chi connectivity index (χ2v) is 11.8. The smallest absolute Gasteiger partial charge is 0.390 e. The topological polar surface area (TPSA) is 351 Å². The van der Waals surface area contributed by atoms with E-state index in [0.717, 1.165) is 0 Å². The average molecular weight is 618 g/mol. The van der Waals surface area contributed by atoms with Gasteiger partial charge in [-0.2, -0.15) is 18.6 Å². The number of imidazole rings is 1. The van der Waals surface area contributed by atoms with Crippen LogP contribution in [0.1, 0.15) is 12.6 Å². The van der Waals surface area contributed by atoms with Crippen LogP contribution < -0.4 is 22.7 Å². The Morgan fingerprint density at radius 2 is 1.79 bits per heavy atom. The largest absolute Gasteiger partial charge is 0.490 e. The van der Waals surface area contributed by atoms with E-state index < -0.39 is 59.8 Å². The minimum absolute atomic E-state index is 0.0481. The van der Waals surface area contributed by atoms with E-state index in [2.05, 4.69) is 38.1 Å². The number of aliphatic hydroxyl groups is 1. The Hall–Kier alpha value is -2.84. The predicted octanol–water partition coefficient (Wildman–Crippen LogP) is -1.95. The number of hydrogen-bond donors (Lipinski definition) is 9. The zero-order chi connectivity index (χ0) is 29.2. The van der Waals surface area contributed by atoms with E-state index in [0.29, 0.717) is 0 Å². The second-order valence-electron chi connectivity index (χ2n) is 7.41. The van der Waals surface area contributed by atoms with Gasteiger partial charge in [-0.05, 0) is 6.07 Å². The fraction of sp³-hybridized carbons (Fsp3) is 0.357. The number of phosphoric ester groups is 1. The number of anilines is 2. The van der Waals surface area contributed by atoms with Gasteiger partial charge in [0.2, 0.25) is 5.95 Å². The third-order valence-electron chi connectivity index (χ3n) is 4.47. The van der Waals surface area contributed by atoms with Gasteiger partial charge in [0.05, 0.1) is 19.0 Å². The number of hydrogen-bond acceptors (Lipinski definition) is 15. The second kappa shape index (κ2) is 11.7. The molecule has 0 spiro atoms. The molecule has 0 saturated carbocycles. The molecule has 1 saturated heterocycles. The van der Waals surface area contributed by atoms with Gasteiger partial charge >= 0.3 is 29.2 Å². The average Bonchev–Trinajstić information content (AvgIpc) is 3.33. The lowest BCUT2D eigenvalue weighted by atomic mass is 10.2. The molecule has 1 aliphatic heterocycles. The highest BCUT2D eigenvalue weighted by Gasteiger charge is 2.43. The molecule has 0 bridgehead atoms. The fourth-order valence-corrected chi connectivity index (χ4v) is 6.08. The molecule has 3 aromatic heterocycles. The summed E-state index contributed by atoms with van der Waals surface area (Å²) in [5.74, 6) is 0.0516. The molecule has 0 aliphatic carbocycles. The van der Waals surface area contributed by atoms with E-state index in [4.69, 9.17) is 30.9 Å². The summed E-state index contributed by atoms with van der Waals surface area (Å²) in [5, 5.41) is 10.1. The van der Waals surface area contributed by atoms with Crippen molar-refractivity contribution in [3.05, 3.63) is 39.4 Å². The van der Waals surface area contributed by atoms with Crippen LogP contribution >= 0.6 is 23.5 Å². The molecule has 0 aromatic carbocycles. The zero-order valence-electron chi connectivity index (χ0n) is 19.1. The van der Waals surface area contributed by atoms with Crippen molar-refractivity contribution in [2.45, 2.75) is 24.9 Å². The number of nitrogens with two attached hydrogens (primary N) is 2. The van der Waals surface area contributed by atoms with Crippen molar-refractivity contribution in [1.82, 2.24) is 29.5 Å². The molecular formula is C14H21N8O14P3. The summed E-state index contributed by atoms with van der Waals surface area (Å²) in [5.41, 5.74) is 9.60. The van der Waals surface area contributed by atoms with Crippen LogP contribution in [-0.4, -0.2) is 73.0 Å². The highest BCUT2D eigenvalue weighted by atomic mass is 31.3. The first-order valence-corrected chi connectivity index (χ1v) is 14.6. The molecule has 4 heterocycles. The Bertz CT molecular complexity index is 1580. The first-order chi connectivity index (χ1) is 17.9. The maximum atomic E-state index is 11.8. The molecule has 5 atom stereocenters. The zero-order valence-corrected chi connectivity index (χ0v) is 21.8. The standard InChI is InChI=1S/C10H16N5O13P3.C4H5N3O/c11-10-13-8-7(9(17)14-10)12-3-15(8)6-1-4(16)5(26-6)2-25-30(21,22)28-31(23,24)27-29(18,19)20;5-3-1-2-6-4(8)7-3/h3-6,16H,1-2H2,(H,21,22)(H,23,24)(H2,18,19,20)(H3,11,13,14,17);1-2H,(H3,5,6,7,8)/t4-,5+,6+;/m0./s1. The molecule has 22 nitrogen and oxygen atoms in total. The Kier molecular flexibility index (Phi) is 9.23. The number of phosphoric acid groups is 3. The van der Waals surface area contributed by atoms with E-state index in [1.54, 1.807) is 0 Å². The summed E-state index contributed by atoms with van der Waals surface area (Å²) in [6, 6.07) is 1.52. The third-order valence-corrected chi connectivity index (χ3v) is 8.28. The Morgan fingerprint density at radius 3 is 2.38 bits per heavy atom. The van der Waals surface area contributed by atoms with Crippen LogP contribution in [0.4, 0.5) is 11.8 Å². The number of fused-ring (bicyclic) bond motifs is 1. The number of ether oxygens (including phenoxy) is 1. The molecule has 216 valence electrons. The number of aromatic nitrogens is 6. The molecule has 0 amide bonds. The molecule has 0 radical (unpaired) electrons. The molecular weight excluding hydrogens is 597 g/mol. The summed E-state index contributed by atoms with van der Waals surface area (Å²) < 4.78 is 52.1. The maximum absolute atomic E-state index is 11.8. The molecule has 1 fully saturated rings. The van der Waals surface area contributed by atoms with Crippen molar-refractivity contribution >= 4 is 46.4 Å². The van der Waals surface area contributed by atoms with Gasteiger partial charge in [0.1, 0.15) is 18.1 Å². The van der Waals surface area contributed by atoms with Crippen molar-refractivity contribution in [2.75, 3.05) is 18.1 Å². The Balaban J connectivity index is 0.000000449. The van der Waals surface area contributed by atoms with Gasteiger partial charge in [-0.1, -0.05) is 0 Å². The summed E-state index contributed by atoms with van der Waals surface area (Å²) in [7, 11) is -16.6. The lowest BCUT2D eigenvalue weighted by Crippen LogP contribution is -2.26. The summed E-state index contributed by atoms with van der Waals surface area (Å²) in [4.78, 5) is 73.4. The quantitative estimate of drug-likeness (QED) is 0.124. The van der Waals surface area contributed by atoms with Crippen molar-refractivity contribution in [2.24, 2.45) is 0 Å². The predicted molar refractivity (Wildman–Crippen MR) is 126 cm³/mol. The van der Waals surface area contributed by atoms with Crippen LogP contribution in [0.2, 0.25) is 0 Å². The lowest BCUT2D eigenvalue weighted by molar-refractivity contribution is -0.0423. The number of nitrogens with zero attached hydrogens (tertiary/aromatic N) is 4. The van der Waals surface area contributed by atoms with Gasteiger partial charge in [0.15, 0.2) is 11.2 Å². The SMILES string of the molecule is Nc1cc[nH]c(=O)n1.Nc1nc2c(ncn2[C@H]2C[C@H](O)[C@@H](COP(=O)(O)OP(=O)(O)OP(=O)(O)O)O2)c(=O)[nH]1. The van der Waals surface area contributed by atoms with E-state index in [1.165, 1.54) is 23.2 Å². The van der Waals surface area contributed by atoms with Gasteiger partial charge in [-0.25, -0.2) is 23.5 Å². The lowest BCUT2D eigenvalue weighted by Gasteiger charge is -2.19. The molecule has 39 heavy (non-hydrogen) atoms. The summed E-state index contributed by atoms with van der Waals surface area (Å²) >= 11 is 0. The fourth-order valence-electron chi connectivity index (χ4n) is 3.05. The number of H-pyrrole nitrogens is 2. The van der Waals surface area contributed by atoms with Gasteiger partial charge in [0, 0.05) is 12.6 Å². The van der Waals surface area contributed by atoms with Crippen LogP contribution in [0.5, 0.6) is 0 Å². The molecule has 25 heteroatoms. The van der Waals surface area contributed by atoms with E-state index in [9.17, 15) is 33.3 Å². The monoisotopic (exact) mass is 618 g/mol. The summed E-state index contributed by atoms with van der Waals surface area (Å²) in [6.45, 7) is -0.843.